The van der Waals surface area contributed by atoms with E-state index in [1.54, 1.807) is 6.08 Å². The fraction of sp³-hybridized carbons (Fsp3) is 0.476. The maximum atomic E-state index is 12.9. The summed E-state index contributed by atoms with van der Waals surface area (Å²) in [6, 6.07) is 1.02. The molecule has 0 radical (unpaired) electrons. The lowest BCUT2D eigenvalue weighted by Crippen LogP contribution is -2.13. The van der Waals surface area contributed by atoms with E-state index in [0.717, 1.165) is 25.7 Å². The van der Waals surface area contributed by atoms with E-state index in [1.807, 2.05) is 0 Å². The monoisotopic (exact) mass is 438 g/mol. The first-order valence-corrected chi connectivity index (χ1v) is 9.38. The molecule has 0 saturated carbocycles. The van der Waals surface area contributed by atoms with Crippen molar-refractivity contribution < 1.29 is 41.0 Å². The molecule has 0 bridgehead atoms. The van der Waals surface area contributed by atoms with E-state index in [2.05, 4.69) is 6.92 Å². The Bertz CT molecular complexity index is 744. The quantitative estimate of drug-likeness (QED) is 0.139. The van der Waals surface area contributed by atoms with Gasteiger partial charge in [0.05, 0.1) is 11.1 Å². The highest BCUT2D eigenvalue weighted by molar-refractivity contribution is 5.85. The first-order valence-electron chi connectivity index (χ1n) is 9.38. The topological polar surface area (TPSA) is 46.5 Å². The van der Waals surface area contributed by atoms with Crippen LogP contribution in [0.2, 0.25) is 0 Å². The number of rotatable bonds is 10. The average molecular weight is 438 g/mol. The van der Waals surface area contributed by atoms with E-state index >= 15 is 0 Å². The average Bonchev–Trinajstić information content (AvgIpc) is 2.62. The van der Waals surface area contributed by atoms with Crippen molar-refractivity contribution in [2.45, 2.75) is 64.9 Å². The zero-order valence-corrected chi connectivity index (χ0v) is 16.7. The Kier molecular flexibility index (Phi) is 9.45. The number of benzene rings is 1. The molecule has 0 fully saturated rings. The maximum absolute atomic E-state index is 12.9. The molecule has 0 aliphatic heterocycles. The van der Waals surface area contributed by atoms with E-state index in [9.17, 15) is 36.2 Å². The van der Waals surface area contributed by atoms with Crippen molar-refractivity contribution >= 4 is 5.97 Å². The molecule has 3 nitrogen and oxygen atoms in total. The molecule has 0 aliphatic carbocycles. The zero-order chi connectivity index (χ0) is 22.9. The summed E-state index contributed by atoms with van der Waals surface area (Å²) in [6.07, 6.45) is -1.88. The van der Waals surface area contributed by atoms with Gasteiger partial charge in [0.2, 0.25) is 5.76 Å². The second-order valence-corrected chi connectivity index (χ2v) is 6.77. The smallest absolute Gasteiger partial charge is 0.416 e. The normalized spacial score (nSPS) is 13.5. The standard InChI is InChI=1S/C21H24F6O3/c1-3-4-5-6-7-8-9-14(2)18(19(28)29)30-13-15-10-16(20(22,23)24)12-17(11-15)21(25,26)27/h8-12H,3-7,13H2,1-2H3,(H,28,29)/b9-8+,18-14+. The molecule has 0 aliphatic rings. The number of halogens is 6. The Hall–Kier alpha value is -2.45. The first-order chi connectivity index (χ1) is 13.9. The van der Waals surface area contributed by atoms with Crippen molar-refractivity contribution in [1.29, 1.82) is 0 Å². The Morgan fingerprint density at radius 3 is 2.03 bits per heavy atom. The molecule has 0 amide bonds. The van der Waals surface area contributed by atoms with E-state index in [0.29, 0.717) is 18.6 Å². The van der Waals surface area contributed by atoms with Gasteiger partial charge in [-0.25, -0.2) is 4.79 Å². The van der Waals surface area contributed by atoms with E-state index in [4.69, 9.17) is 4.74 Å². The van der Waals surface area contributed by atoms with Gasteiger partial charge in [0.25, 0.3) is 0 Å². The fourth-order valence-electron chi connectivity index (χ4n) is 2.63. The number of hydrogen-bond donors (Lipinski definition) is 1. The van der Waals surface area contributed by atoms with Gasteiger partial charge in [-0.1, -0.05) is 38.3 Å². The molecule has 168 valence electrons. The summed E-state index contributed by atoms with van der Waals surface area (Å²) in [5.74, 6) is -2.00. The van der Waals surface area contributed by atoms with Crippen LogP contribution in [0.4, 0.5) is 26.3 Å². The Labute approximate surface area is 171 Å². The highest BCUT2D eigenvalue weighted by atomic mass is 19.4. The van der Waals surface area contributed by atoms with Crippen LogP contribution in [0.25, 0.3) is 0 Å². The minimum absolute atomic E-state index is 0.00394. The summed E-state index contributed by atoms with van der Waals surface area (Å²) in [7, 11) is 0. The number of unbranched alkanes of at least 4 members (excludes halogenated alkanes) is 4. The van der Waals surface area contributed by atoms with Gasteiger partial charge in [0.15, 0.2) is 0 Å². The number of hydrogen-bond acceptors (Lipinski definition) is 2. The molecular weight excluding hydrogens is 414 g/mol. The number of aliphatic carboxylic acids is 1. The van der Waals surface area contributed by atoms with Gasteiger partial charge in [0, 0.05) is 0 Å². The van der Waals surface area contributed by atoms with Crippen LogP contribution >= 0.6 is 0 Å². The molecule has 0 unspecified atom stereocenters. The van der Waals surface area contributed by atoms with Crippen LogP contribution < -0.4 is 0 Å². The van der Waals surface area contributed by atoms with Crippen molar-refractivity contribution in [3.63, 3.8) is 0 Å². The van der Waals surface area contributed by atoms with Crippen LogP contribution in [0.15, 0.2) is 41.7 Å². The largest absolute Gasteiger partial charge is 0.481 e. The van der Waals surface area contributed by atoms with Crippen LogP contribution in [0.3, 0.4) is 0 Å². The van der Waals surface area contributed by atoms with E-state index in [1.165, 1.54) is 13.0 Å². The van der Waals surface area contributed by atoms with Gasteiger partial charge in [-0.15, -0.1) is 0 Å². The fourth-order valence-corrected chi connectivity index (χ4v) is 2.63. The number of alkyl halides is 6. The van der Waals surface area contributed by atoms with Gasteiger partial charge in [0.1, 0.15) is 6.61 Å². The summed E-state index contributed by atoms with van der Waals surface area (Å²) >= 11 is 0. The molecule has 1 aromatic rings. The third-order valence-corrected chi connectivity index (χ3v) is 4.18. The predicted octanol–water partition coefficient (Wildman–Crippen LogP) is 7.13. The third kappa shape index (κ3) is 8.51. The molecule has 0 atom stereocenters. The molecule has 0 spiro atoms. The molecule has 1 N–H and O–H groups in total. The van der Waals surface area contributed by atoms with Crippen molar-refractivity contribution in [2.75, 3.05) is 0 Å². The maximum Gasteiger partial charge on any atom is 0.416 e. The summed E-state index contributed by atoms with van der Waals surface area (Å²) in [4.78, 5) is 11.4. The SMILES string of the molecule is CCCCCC/C=C/C(C)=C(/OCc1cc(C(F)(F)F)cc(C(F)(F)F)c1)C(=O)O. The number of carboxylic acids is 1. The van der Waals surface area contributed by atoms with Crippen LogP contribution in [0.5, 0.6) is 0 Å². The second kappa shape index (κ2) is 11.1. The van der Waals surface area contributed by atoms with Gasteiger partial charge < -0.3 is 9.84 Å². The van der Waals surface area contributed by atoms with Crippen molar-refractivity contribution in [3.05, 3.63) is 58.4 Å². The molecule has 1 aromatic carbocycles. The number of carbonyl (C=O) groups is 1. The highest BCUT2D eigenvalue weighted by Gasteiger charge is 2.37. The molecule has 1 rings (SSSR count). The van der Waals surface area contributed by atoms with Gasteiger partial charge in [-0.3, -0.25) is 0 Å². The van der Waals surface area contributed by atoms with Crippen LogP contribution in [0.1, 0.15) is 62.6 Å². The van der Waals surface area contributed by atoms with Crippen LogP contribution in [-0.2, 0) is 28.5 Å². The van der Waals surface area contributed by atoms with Gasteiger partial charge in [-0.2, -0.15) is 26.3 Å². The molecule has 9 heteroatoms. The summed E-state index contributed by atoms with van der Waals surface area (Å²) in [5.41, 5.74) is -3.20. The summed E-state index contributed by atoms with van der Waals surface area (Å²) in [5, 5.41) is 9.29. The van der Waals surface area contributed by atoms with E-state index in [-0.39, 0.29) is 11.6 Å². The van der Waals surface area contributed by atoms with E-state index < -0.39 is 47.4 Å². The second-order valence-electron chi connectivity index (χ2n) is 6.77. The highest BCUT2D eigenvalue weighted by Crippen LogP contribution is 2.36. The minimum atomic E-state index is -4.99. The van der Waals surface area contributed by atoms with Gasteiger partial charge >= 0.3 is 18.3 Å². The lowest BCUT2D eigenvalue weighted by molar-refractivity contribution is -0.143. The zero-order valence-electron chi connectivity index (χ0n) is 16.7. The lowest BCUT2D eigenvalue weighted by Gasteiger charge is -2.15. The first kappa shape index (κ1) is 25.6. The summed E-state index contributed by atoms with van der Waals surface area (Å²) in [6.45, 7) is 2.76. The Balaban J connectivity index is 3.02. The lowest BCUT2D eigenvalue weighted by atomic mass is 10.1. The molecule has 0 heterocycles. The molecule has 0 saturated heterocycles. The summed E-state index contributed by atoms with van der Waals surface area (Å²) < 4.78 is 82.6. The number of ether oxygens (including phenoxy) is 1. The Morgan fingerprint density at radius 1 is 1.00 bits per heavy atom. The van der Waals surface area contributed by atoms with Crippen LogP contribution in [-0.4, -0.2) is 11.1 Å². The van der Waals surface area contributed by atoms with Crippen molar-refractivity contribution in [3.8, 4) is 0 Å². The Morgan fingerprint density at radius 2 is 1.57 bits per heavy atom. The number of carboxylic acid groups (broad SMARTS) is 1. The van der Waals surface area contributed by atoms with Crippen molar-refractivity contribution in [2.24, 2.45) is 0 Å². The molecule has 0 aromatic heterocycles. The van der Waals surface area contributed by atoms with Crippen molar-refractivity contribution in [1.82, 2.24) is 0 Å². The number of allylic oxidation sites excluding steroid dienone is 3. The van der Waals surface area contributed by atoms with Gasteiger partial charge in [-0.05, 0) is 49.1 Å². The predicted molar refractivity (Wildman–Crippen MR) is 99.5 cm³/mol. The molecular formula is C21H24F6O3. The van der Waals surface area contributed by atoms with Crippen LogP contribution in [0, 0.1) is 0 Å². The minimum Gasteiger partial charge on any atom is -0.481 e. The third-order valence-electron chi connectivity index (χ3n) is 4.18. The molecule has 30 heavy (non-hydrogen) atoms.